The number of nitrogens with zero attached hydrogens (tertiary/aromatic N) is 3. The fourth-order valence-corrected chi connectivity index (χ4v) is 7.45. The summed E-state index contributed by atoms with van der Waals surface area (Å²) in [6.45, 7) is 0. The van der Waals surface area contributed by atoms with Crippen LogP contribution in [0.3, 0.4) is 0 Å². The molecule has 5 heteroatoms. The van der Waals surface area contributed by atoms with Gasteiger partial charge < -0.3 is 4.42 Å². The van der Waals surface area contributed by atoms with Crippen LogP contribution in [0.2, 0.25) is 0 Å². The number of para-hydroxylation sites is 2. The highest BCUT2D eigenvalue weighted by atomic mass is 32.1. The van der Waals surface area contributed by atoms with E-state index in [1.165, 1.54) is 10.1 Å². The zero-order valence-corrected chi connectivity index (χ0v) is 23.9. The SMILES string of the molecule is N#Cc1ccc(-c2cc(-c3cccc4c3sc3ccccc34)c(C#N)cc2-c2cccc3c2oc2ccccc23)c(C#N)c1. The minimum atomic E-state index is 0.387. The smallest absolute Gasteiger partial charge is 0.143 e. The number of nitriles is 3. The highest BCUT2D eigenvalue weighted by molar-refractivity contribution is 7.26. The zero-order valence-electron chi connectivity index (χ0n) is 23.1. The van der Waals surface area contributed by atoms with Crippen molar-refractivity contribution in [3.63, 3.8) is 0 Å². The van der Waals surface area contributed by atoms with Gasteiger partial charge in [0, 0.05) is 53.2 Å². The van der Waals surface area contributed by atoms with Crippen molar-refractivity contribution in [2.24, 2.45) is 0 Å². The highest BCUT2D eigenvalue weighted by Gasteiger charge is 2.22. The summed E-state index contributed by atoms with van der Waals surface area (Å²) in [5, 5.41) is 34.6. The van der Waals surface area contributed by atoms with Crippen molar-refractivity contribution >= 4 is 53.4 Å². The minimum Gasteiger partial charge on any atom is -0.455 e. The van der Waals surface area contributed by atoms with E-state index in [1.54, 1.807) is 23.5 Å². The number of thiophene rings is 1. The summed E-state index contributed by atoms with van der Waals surface area (Å²) in [6.07, 6.45) is 0. The Labute approximate surface area is 256 Å². The molecule has 8 rings (SSSR count). The van der Waals surface area contributed by atoms with Crippen molar-refractivity contribution in [2.75, 3.05) is 0 Å². The van der Waals surface area contributed by atoms with Crippen LogP contribution < -0.4 is 0 Å². The normalized spacial score (nSPS) is 11.1. The maximum atomic E-state index is 10.6. The fraction of sp³-hybridized carbons (Fsp3) is 0. The van der Waals surface area contributed by atoms with Gasteiger partial charge >= 0.3 is 0 Å². The van der Waals surface area contributed by atoms with E-state index in [2.05, 4.69) is 42.5 Å². The Morgan fingerprint density at radius 2 is 1.16 bits per heavy atom. The van der Waals surface area contributed by atoms with Crippen molar-refractivity contribution in [2.45, 2.75) is 0 Å². The van der Waals surface area contributed by atoms with Gasteiger partial charge in [0.2, 0.25) is 0 Å². The first kappa shape index (κ1) is 25.5. The average Bonchev–Trinajstić information content (AvgIpc) is 3.66. The van der Waals surface area contributed by atoms with E-state index in [0.717, 1.165) is 54.3 Å². The lowest BCUT2D eigenvalue weighted by Crippen LogP contribution is -1.95. The predicted octanol–water partition coefficient (Wildman–Crippen LogP) is 10.6. The summed E-state index contributed by atoms with van der Waals surface area (Å²) in [4.78, 5) is 0. The first-order valence-corrected chi connectivity index (χ1v) is 14.8. The van der Waals surface area contributed by atoms with Crippen LogP contribution in [0.4, 0.5) is 0 Å². The lowest BCUT2D eigenvalue weighted by Gasteiger charge is -2.16. The van der Waals surface area contributed by atoms with Gasteiger partial charge in [-0.25, -0.2) is 0 Å². The monoisotopic (exact) mass is 577 g/mol. The summed E-state index contributed by atoms with van der Waals surface area (Å²) in [5.41, 5.74) is 7.63. The standard InChI is InChI=1S/C39H19N3OS/c40-20-23-15-16-26(24(17-23)21-41)35-19-33(32-12-6-11-31-28-8-2-4-14-37(28)44-39(31)32)25(22-42)18-34(35)30-10-5-9-29-27-7-1-3-13-36(27)43-38(29)30/h1-19H. The van der Waals surface area contributed by atoms with E-state index in [0.29, 0.717) is 27.8 Å². The van der Waals surface area contributed by atoms with Gasteiger partial charge in [0.1, 0.15) is 11.2 Å². The van der Waals surface area contributed by atoms with Gasteiger partial charge in [-0.1, -0.05) is 78.9 Å². The molecule has 202 valence electrons. The second-order valence-corrected chi connectivity index (χ2v) is 11.7. The van der Waals surface area contributed by atoms with Crippen LogP contribution in [-0.4, -0.2) is 0 Å². The molecule has 0 N–H and O–H groups in total. The zero-order chi connectivity index (χ0) is 29.8. The molecule has 0 spiro atoms. The Balaban J connectivity index is 1.48. The number of rotatable bonds is 3. The summed E-state index contributed by atoms with van der Waals surface area (Å²) < 4.78 is 8.69. The fourth-order valence-electron chi connectivity index (χ4n) is 6.22. The molecule has 0 amide bonds. The van der Waals surface area contributed by atoms with Crippen molar-refractivity contribution in [3.8, 4) is 51.6 Å². The minimum absolute atomic E-state index is 0.387. The number of hydrogen-bond donors (Lipinski definition) is 0. The van der Waals surface area contributed by atoms with Crippen LogP contribution in [0.15, 0.2) is 120 Å². The van der Waals surface area contributed by atoms with Crippen molar-refractivity contribution in [1.29, 1.82) is 15.8 Å². The number of furan rings is 1. The number of fused-ring (bicyclic) bond motifs is 6. The quantitative estimate of drug-likeness (QED) is 0.209. The van der Waals surface area contributed by atoms with Crippen LogP contribution in [0, 0.1) is 34.0 Å². The summed E-state index contributed by atoms with van der Waals surface area (Å²) in [6, 6.07) is 44.5. The first-order chi connectivity index (χ1) is 21.7. The van der Waals surface area contributed by atoms with E-state index < -0.39 is 0 Å². The van der Waals surface area contributed by atoms with Gasteiger partial charge in [-0.15, -0.1) is 11.3 Å². The van der Waals surface area contributed by atoms with E-state index in [1.807, 2.05) is 78.9 Å². The maximum absolute atomic E-state index is 10.6. The van der Waals surface area contributed by atoms with Gasteiger partial charge in [0.15, 0.2) is 0 Å². The molecule has 0 saturated heterocycles. The number of benzene rings is 6. The first-order valence-electron chi connectivity index (χ1n) is 14.0. The Kier molecular flexibility index (Phi) is 5.78. The van der Waals surface area contributed by atoms with Crippen LogP contribution in [-0.2, 0) is 0 Å². The Morgan fingerprint density at radius 1 is 0.477 bits per heavy atom. The lowest BCUT2D eigenvalue weighted by molar-refractivity contribution is 0.670. The summed E-state index contributed by atoms with van der Waals surface area (Å²) in [5.74, 6) is 0. The van der Waals surface area contributed by atoms with E-state index in [-0.39, 0.29) is 0 Å². The molecule has 0 bridgehead atoms. The second kappa shape index (κ2) is 9.97. The molecule has 0 aliphatic rings. The van der Waals surface area contributed by atoms with E-state index in [4.69, 9.17) is 4.42 Å². The van der Waals surface area contributed by atoms with Crippen molar-refractivity contribution in [1.82, 2.24) is 0 Å². The lowest BCUT2D eigenvalue weighted by atomic mass is 9.85. The summed E-state index contributed by atoms with van der Waals surface area (Å²) in [7, 11) is 0. The van der Waals surface area contributed by atoms with Crippen molar-refractivity contribution < 1.29 is 4.42 Å². The third-order valence-electron chi connectivity index (χ3n) is 8.23. The molecule has 6 aromatic carbocycles. The Bertz CT molecular complexity index is 2600. The Hall–Kier alpha value is -6.19. The molecule has 0 unspecified atom stereocenters. The third-order valence-corrected chi connectivity index (χ3v) is 9.45. The van der Waals surface area contributed by atoms with Crippen LogP contribution in [0.5, 0.6) is 0 Å². The predicted molar refractivity (Wildman–Crippen MR) is 177 cm³/mol. The molecular weight excluding hydrogens is 559 g/mol. The van der Waals surface area contributed by atoms with Gasteiger partial charge in [-0.05, 0) is 47.5 Å². The topological polar surface area (TPSA) is 84.5 Å². The average molecular weight is 578 g/mol. The highest BCUT2D eigenvalue weighted by Crippen LogP contribution is 2.46. The second-order valence-electron chi connectivity index (χ2n) is 10.6. The molecule has 0 saturated carbocycles. The molecule has 0 radical (unpaired) electrons. The van der Waals surface area contributed by atoms with Gasteiger partial charge in [-0.2, -0.15) is 15.8 Å². The van der Waals surface area contributed by atoms with E-state index in [9.17, 15) is 15.8 Å². The molecular formula is C39H19N3OS. The van der Waals surface area contributed by atoms with Gasteiger partial charge in [0.25, 0.3) is 0 Å². The largest absolute Gasteiger partial charge is 0.455 e. The van der Waals surface area contributed by atoms with E-state index >= 15 is 0 Å². The molecule has 0 aliphatic heterocycles. The van der Waals surface area contributed by atoms with Gasteiger partial charge in [0.05, 0.1) is 34.9 Å². The molecule has 2 aromatic heterocycles. The molecule has 4 nitrogen and oxygen atoms in total. The molecule has 44 heavy (non-hydrogen) atoms. The van der Waals surface area contributed by atoms with Crippen LogP contribution in [0.1, 0.15) is 16.7 Å². The molecule has 8 aromatic rings. The van der Waals surface area contributed by atoms with Gasteiger partial charge in [-0.3, -0.25) is 0 Å². The molecule has 0 fully saturated rings. The molecule has 0 aliphatic carbocycles. The molecule has 2 heterocycles. The van der Waals surface area contributed by atoms with Crippen molar-refractivity contribution in [3.05, 3.63) is 132 Å². The Morgan fingerprint density at radius 3 is 1.98 bits per heavy atom. The van der Waals surface area contributed by atoms with Crippen LogP contribution in [0.25, 0.3) is 75.5 Å². The molecule has 0 atom stereocenters. The third kappa shape index (κ3) is 3.80. The summed E-state index contributed by atoms with van der Waals surface area (Å²) >= 11 is 1.71. The maximum Gasteiger partial charge on any atom is 0.143 e. The number of hydrogen-bond acceptors (Lipinski definition) is 5. The van der Waals surface area contributed by atoms with Crippen LogP contribution >= 0.6 is 11.3 Å².